The van der Waals surface area contributed by atoms with Crippen molar-refractivity contribution in [3.8, 4) is 0 Å². The van der Waals surface area contributed by atoms with Crippen LogP contribution in [0, 0.1) is 0 Å². The zero-order valence-electron chi connectivity index (χ0n) is 8.32. The van der Waals surface area contributed by atoms with Crippen LogP contribution in [0.25, 0.3) is 0 Å². The van der Waals surface area contributed by atoms with E-state index in [1.807, 2.05) is 0 Å². The zero-order chi connectivity index (χ0) is 10.6. The van der Waals surface area contributed by atoms with Gasteiger partial charge in [0, 0.05) is 26.2 Å². The molecule has 0 unspecified atom stereocenters. The van der Waals surface area contributed by atoms with E-state index in [-0.39, 0.29) is 18.5 Å². The molecule has 0 atom stereocenters. The number of urea groups is 1. The van der Waals surface area contributed by atoms with Gasteiger partial charge in [0.2, 0.25) is 5.91 Å². The fourth-order valence-electron chi connectivity index (χ4n) is 1.33. The van der Waals surface area contributed by atoms with Crippen LogP contribution in [0.1, 0.15) is 0 Å². The van der Waals surface area contributed by atoms with Crippen molar-refractivity contribution >= 4 is 11.9 Å². The number of nitrogens with two attached hydrogens (primary N) is 1. The minimum Gasteiger partial charge on any atom is -0.336 e. The first-order valence-corrected chi connectivity index (χ1v) is 4.62. The Balaban J connectivity index is 2.37. The summed E-state index contributed by atoms with van der Waals surface area (Å²) in [6, 6.07) is -0.295. The molecule has 0 aromatic rings. The number of hydrogen-bond acceptors (Lipinski definition) is 4. The molecule has 1 fully saturated rings. The highest BCUT2D eigenvalue weighted by molar-refractivity contribution is 5.96. The minimum atomic E-state index is -0.295. The van der Waals surface area contributed by atoms with Gasteiger partial charge in [0.1, 0.15) is 0 Å². The summed E-state index contributed by atoms with van der Waals surface area (Å²) < 4.78 is 0. The smallest absolute Gasteiger partial charge is 0.324 e. The number of amides is 3. The second-order valence-electron chi connectivity index (χ2n) is 3.30. The van der Waals surface area contributed by atoms with E-state index in [2.05, 4.69) is 5.32 Å². The second-order valence-corrected chi connectivity index (χ2v) is 3.30. The normalized spacial score (nSPS) is 16.2. The van der Waals surface area contributed by atoms with Crippen LogP contribution in [0.15, 0.2) is 0 Å². The number of carbonyl (C=O) groups is 2. The van der Waals surface area contributed by atoms with Gasteiger partial charge in [-0.15, -0.1) is 0 Å². The van der Waals surface area contributed by atoms with Crippen molar-refractivity contribution < 1.29 is 9.59 Å². The van der Waals surface area contributed by atoms with Gasteiger partial charge in [0.15, 0.2) is 0 Å². The fourth-order valence-corrected chi connectivity index (χ4v) is 1.33. The predicted molar refractivity (Wildman–Crippen MR) is 51.7 cm³/mol. The van der Waals surface area contributed by atoms with Crippen LogP contribution in [0.3, 0.4) is 0 Å². The number of hydrogen-bond donors (Lipinski definition) is 2. The number of nitrogens with one attached hydrogen (secondary N) is 1. The van der Waals surface area contributed by atoms with Crippen molar-refractivity contribution in [3.63, 3.8) is 0 Å². The van der Waals surface area contributed by atoms with Crippen LogP contribution in [-0.2, 0) is 4.79 Å². The number of likely N-dealkylation sites (N-methyl/N-ethyl adjacent to an activating group) is 1. The molecular weight excluding hydrogens is 184 g/mol. The molecule has 1 rings (SSSR count). The molecule has 3 N–H and O–H groups in total. The molecule has 0 aromatic carbocycles. The lowest BCUT2D eigenvalue weighted by molar-refractivity contribution is -0.128. The van der Waals surface area contributed by atoms with Gasteiger partial charge >= 0.3 is 6.03 Å². The Morgan fingerprint density at radius 2 is 2.43 bits per heavy atom. The molecular formula is C8H16N4O2. The summed E-state index contributed by atoms with van der Waals surface area (Å²) in [6.45, 7) is 2.42. The highest BCUT2D eigenvalue weighted by Crippen LogP contribution is 1.98. The molecule has 1 aliphatic rings. The average Bonchev–Trinajstić information content (AvgIpc) is 2.51. The molecule has 6 heteroatoms. The van der Waals surface area contributed by atoms with Gasteiger partial charge in [-0.25, -0.2) is 4.79 Å². The Labute approximate surface area is 83.0 Å². The van der Waals surface area contributed by atoms with Gasteiger partial charge < -0.3 is 11.1 Å². The third-order valence-corrected chi connectivity index (χ3v) is 2.07. The van der Waals surface area contributed by atoms with E-state index in [1.165, 1.54) is 4.90 Å². The number of nitrogens with zero attached hydrogens (tertiary/aromatic N) is 2. The minimum absolute atomic E-state index is 0.170. The number of imide groups is 1. The van der Waals surface area contributed by atoms with Crippen molar-refractivity contribution in [2.24, 2.45) is 5.73 Å². The van der Waals surface area contributed by atoms with Crippen molar-refractivity contribution in [2.45, 2.75) is 0 Å². The molecule has 0 spiro atoms. The van der Waals surface area contributed by atoms with E-state index in [4.69, 9.17) is 5.73 Å². The molecule has 80 valence electrons. The number of rotatable bonds is 4. The Kier molecular flexibility index (Phi) is 3.84. The van der Waals surface area contributed by atoms with Crippen LogP contribution in [0.2, 0.25) is 0 Å². The third-order valence-electron chi connectivity index (χ3n) is 2.07. The van der Waals surface area contributed by atoms with Gasteiger partial charge in [-0.3, -0.25) is 14.6 Å². The lowest BCUT2D eigenvalue weighted by Gasteiger charge is -2.18. The van der Waals surface area contributed by atoms with Crippen molar-refractivity contribution in [3.05, 3.63) is 0 Å². The Morgan fingerprint density at radius 3 is 2.93 bits per heavy atom. The second kappa shape index (κ2) is 4.92. The highest BCUT2D eigenvalue weighted by atomic mass is 16.2. The first kappa shape index (κ1) is 10.9. The molecule has 6 nitrogen and oxygen atoms in total. The molecule has 0 saturated carbocycles. The topological polar surface area (TPSA) is 78.7 Å². The summed E-state index contributed by atoms with van der Waals surface area (Å²) in [6.07, 6.45) is 0. The Hall–Kier alpha value is -1.14. The van der Waals surface area contributed by atoms with Gasteiger partial charge in [-0.05, 0) is 7.05 Å². The molecule has 3 amide bonds. The zero-order valence-corrected chi connectivity index (χ0v) is 8.32. The van der Waals surface area contributed by atoms with Gasteiger partial charge in [-0.2, -0.15) is 0 Å². The van der Waals surface area contributed by atoms with E-state index in [9.17, 15) is 9.59 Å². The van der Waals surface area contributed by atoms with Crippen LogP contribution >= 0.6 is 0 Å². The van der Waals surface area contributed by atoms with Crippen LogP contribution in [0.4, 0.5) is 4.79 Å². The van der Waals surface area contributed by atoms with Crippen LogP contribution < -0.4 is 11.1 Å². The maximum absolute atomic E-state index is 11.5. The standard InChI is InChI=1S/C8H16N4O2/c1-11(4-2-9)6-7(13)12-5-3-10-8(12)14/h2-6,9H2,1H3,(H,10,14). The summed E-state index contributed by atoms with van der Waals surface area (Å²) in [5, 5.41) is 2.58. The summed E-state index contributed by atoms with van der Waals surface area (Å²) in [5.41, 5.74) is 5.34. The average molecular weight is 200 g/mol. The Morgan fingerprint density at radius 1 is 1.71 bits per heavy atom. The molecule has 1 heterocycles. The summed E-state index contributed by atoms with van der Waals surface area (Å²) in [5.74, 6) is -0.170. The van der Waals surface area contributed by atoms with Gasteiger partial charge in [0.05, 0.1) is 6.54 Å². The van der Waals surface area contributed by atoms with Gasteiger partial charge in [0.25, 0.3) is 0 Å². The molecule has 0 bridgehead atoms. The third kappa shape index (κ3) is 2.68. The predicted octanol–water partition coefficient (Wildman–Crippen LogP) is -1.57. The van der Waals surface area contributed by atoms with E-state index in [0.717, 1.165) is 0 Å². The monoisotopic (exact) mass is 200 g/mol. The van der Waals surface area contributed by atoms with Gasteiger partial charge in [-0.1, -0.05) is 0 Å². The maximum atomic E-state index is 11.5. The SMILES string of the molecule is CN(CCN)CC(=O)N1CCNC1=O. The van der Waals surface area contributed by atoms with E-state index in [1.54, 1.807) is 11.9 Å². The van der Waals surface area contributed by atoms with Crippen molar-refractivity contribution in [1.29, 1.82) is 0 Å². The van der Waals surface area contributed by atoms with E-state index >= 15 is 0 Å². The summed E-state index contributed by atoms with van der Waals surface area (Å²) in [4.78, 5) is 25.7. The number of carbonyl (C=O) groups excluding carboxylic acids is 2. The van der Waals surface area contributed by atoms with Crippen LogP contribution in [-0.4, -0.2) is 61.5 Å². The van der Waals surface area contributed by atoms with E-state index in [0.29, 0.717) is 26.2 Å². The lowest BCUT2D eigenvalue weighted by atomic mass is 10.4. The lowest BCUT2D eigenvalue weighted by Crippen LogP contribution is -2.41. The fraction of sp³-hybridized carbons (Fsp3) is 0.750. The molecule has 14 heavy (non-hydrogen) atoms. The van der Waals surface area contributed by atoms with Crippen LogP contribution in [0.5, 0.6) is 0 Å². The molecule has 1 aliphatic heterocycles. The molecule has 1 saturated heterocycles. The molecule has 0 radical (unpaired) electrons. The quantitative estimate of drug-likeness (QED) is 0.574. The molecule has 0 aliphatic carbocycles. The molecule has 0 aromatic heterocycles. The summed E-state index contributed by atoms with van der Waals surface area (Å²) >= 11 is 0. The maximum Gasteiger partial charge on any atom is 0.324 e. The summed E-state index contributed by atoms with van der Waals surface area (Å²) in [7, 11) is 1.80. The largest absolute Gasteiger partial charge is 0.336 e. The highest BCUT2D eigenvalue weighted by Gasteiger charge is 2.26. The first-order chi connectivity index (χ1) is 6.65. The van der Waals surface area contributed by atoms with Crippen molar-refractivity contribution in [2.75, 3.05) is 39.8 Å². The Bertz CT molecular complexity index is 231. The first-order valence-electron chi connectivity index (χ1n) is 4.62. The van der Waals surface area contributed by atoms with E-state index < -0.39 is 0 Å². The van der Waals surface area contributed by atoms with Crippen molar-refractivity contribution in [1.82, 2.24) is 15.1 Å².